The van der Waals surface area contributed by atoms with Crippen molar-refractivity contribution in [3.63, 3.8) is 0 Å². The zero-order valence-electron chi connectivity index (χ0n) is 21.8. The maximum Gasteiger partial charge on any atom is 0.161 e. The molecular weight excluding hydrogens is 494 g/mol. The van der Waals surface area contributed by atoms with Gasteiger partial charge in [0.1, 0.15) is 5.75 Å². The van der Waals surface area contributed by atoms with Crippen molar-refractivity contribution in [3.8, 4) is 17.2 Å². The van der Waals surface area contributed by atoms with Gasteiger partial charge in [-0.3, -0.25) is 0 Å². The first-order valence-corrected chi connectivity index (χ1v) is 13.2. The van der Waals surface area contributed by atoms with Crippen molar-refractivity contribution in [1.29, 1.82) is 0 Å². The van der Waals surface area contributed by atoms with E-state index in [0.29, 0.717) is 0 Å². The van der Waals surface area contributed by atoms with E-state index in [-0.39, 0.29) is 12.0 Å². The number of halogens is 1. The third kappa shape index (κ3) is 4.10. The number of hydrogen-bond acceptors (Lipinski definition) is 4. The van der Waals surface area contributed by atoms with Crippen molar-refractivity contribution in [2.75, 3.05) is 27.9 Å². The van der Waals surface area contributed by atoms with Gasteiger partial charge in [-0.25, -0.2) is 0 Å². The second-order valence-corrected chi connectivity index (χ2v) is 10.1. The molecule has 0 radical (unpaired) electrons. The standard InChI is InChI=1S/C33H30ClNO3/c1-36-26-15-11-22(12-16-26)31-30(21-9-13-25(34)14-10-21)32(23-7-5-4-6-8-23)35-18-17-24-19-28(37-2)29(38-3)20-27(24)33(31)35/h4-16,19-20,30,32H,17-18H2,1-3H3/t30-,32+/m1/s1. The molecule has 0 spiro atoms. The molecule has 192 valence electrons. The van der Waals surface area contributed by atoms with Crippen LogP contribution in [0.15, 0.2) is 91.0 Å². The Morgan fingerprint density at radius 3 is 2.08 bits per heavy atom. The first kappa shape index (κ1) is 24.4. The van der Waals surface area contributed by atoms with Gasteiger partial charge in [-0.05, 0) is 70.6 Å². The average Bonchev–Trinajstić information content (AvgIpc) is 3.32. The maximum atomic E-state index is 6.35. The van der Waals surface area contributed by atoms with E-state index < -0.39 is 0 Å². The molecule has 5 heteroatoms. The van der Waals surface area contributed by atoms with Gasteiger partial charge >= 0.3 is 0 Å². The van der Waals surface area contributed by atoms with Gasteiger partial charge in [-0.1, -0.05) is 66.2 Å². The van der Waals surface area contributed by atoms with Crippen LogP contribution >= 0.6 is 11.6 Å². The number of methoxy groups -OCH3 is 3. The fourth-order valence-electron chi connectivity index (χ4n) is 6.05. The van der Waals surface area contributed by atoms with E-state index in [1.54, 1.807) is 21.3 Å². The van der Waals surface area contributed by atoms with E-state index >= 15 is 0 Å². The molecule has 2 aliphatic rings. The van der Waals surface area contributed by atoms with Crippen LogP contribution in [0.2, 0.25) is 5.02 Å². The van der Waals surface area contributed by atoms with Crippen LogP contribution in [0.5, 0.6) is 17.2 Å². The van der Waals surface area contributed by atoms with Gasteiger partial charge < -0.3 is 19.1 Å². The van der Waals surface area contributed by atoms with E-state index in [1.165, 1.54) is 39.1 Å². The van der Waals surface area contributed by atoms with Gasteiger partial charge in [0.2, 0.25) is 0 Å². The summed E-state index contributed by atoms with van der Waals surface area (Å²) in [4.78, 5) is 2.59. The summed E-state index contributed by atoms with van der Waals surface area (Å²) in [7, 11) is 5.09. The zero-order valence-corrected chi connectivity index (χ0v) is 22.5. The quantitative estimate of drug-likeness (QED) is 0.260. The first-order chi connectivity index (χ1) is 18.6. The van der Waals surface area contributed by atoms with E-state index in [4.69, 9.17) is 25.8 Å². The Labute approximate surface area is 229 Å². The lowest BCUT2D eigenvalue weighted by Gasteiger charge is -2.37. The topological polar surface area (TPSA) is 30.9 Å². The number of fused-ring (bicyclic) bond motifs is 3. The van der Waals surface area contributed by atoms with Crippen molar-refractivity contribution in [2.24, 2.45) is 0 Å². The third-order valence-electron chi connectivity index (χ3n) is 7.76. The molecule has 0 N–H and O–H groups in total. The van der Waals surface area contributed by atoms with Crippen LogP contribution in [-0.2, 0) is 6.42 Å². The summed E-state index contributed by atoms with van der Waals surface area (Å²) in [5.41, 5.74) is 8.69. The molecule has 4 aromatic rings. The molecule has 0 aliphatic carbocycles. The Bertz CT molecular complexity index is 1480. The summed E-state index contributed by atoms with van der Waals surface area (Å²) >= 11 is 6.35. The highest BCUT2D eigenvalue weighted by Gasteiger charge is 2.45. The molecular formula is C33H30ClNO3. The SMILES string of the molecule is COc1ccc(C2=C3c4cc(OC)c(OC)cc4CCN3[C@@H](c3ccccc3)[C@@H]2c2ccc(Cl)cc2)cc1. The van der Waals surface area contributed by atoms with E-state index in [2.05, 4.69) is 71.6 Å². The monoisotopic (exact) mass is 523 g/mol. The highest BCUT2D eigenvalue weighted by molar-refractivity contribution is 6.30. The molecule has 0 aromatic heterocycles. The van der Waals surface area contributed by atoms with Gasteiger partial charge in [0.25, 0.3) is 0 Å². The highest BCUT2D eigenvalue weighted by atomic mass is 35.5. The van der Waals surface area contributed by atoms with Crippen LogP contribution in [0.1, 0.15) is 39.8 Å². The molecule has 4 aromatic carbocycles. The van der Waals surface area contributed by atoms with E-state index in [9.17, 15) is 0 Å². The second kappa shape index (κ2) is 10.1. The summed E-state index contributed by atoms with van der Waals surface area (Å²) in [6.07, 6.45) is 0.922. The Morgan fingerprint density at radius 1 is 0.737 bits per heavy atom. The van der Waals surface area contributed by atoms with Gasteiger partial charge in [0, 0.05) is 28.7 Å². The van der Waals surface area contributed by atoms with E-state index in [1.807, 2.05) is 24.3 Å². The molecule has 38 heavy (non-hydrogen) atoms. The van der Waals surface area contributed by atoms with Gasteiger partial charge in [0.05, 0.1) is 27.4 Å². The van der Waals surface area contributed by atoms with Crippen molar-refractivity contribution in [2.45, 2.75) is 18.4 Å². The lowest BCUT2D eigenvalue weighted by atomic mass is 9.80. The van der Waals surface area contributed by atoms with Crippen LogP contribution in [-0.4, -0.2) is 32.8 Å². The Hall–Kier alpha value is -3.89. The number of nitrogens with zero attached hydrogens (tertiary/aromatic N) is 1. The number of rotatable bonds is 6. The van der Waals surface area contributed by atoms with Gasteiger partial charge in [0.15, 0.2) is 11.5 Å². The molecule has 4 nitrogen and oxygen atoms in total. The molecule has 0 bridgehead atoms. The zero-order chi connectivity index (χ0) is 26.2. The van der Waals surface area contributed by atoms with Crippen molar-refractivity contribution in [1.82, 2.24) is 4.90 Å². The van der Waals surface area contributed by atoms with Crippen LogP contribution in [0.4, 0.5) is 0 Å². The van der Waals surface area contributed by atoms with Crippen molar-refractivity contribution >= 4 is 22.9 Å². The van der Waals surface area contributed by atoms with E-state index in [0.717, 1.165) is 35.2 Å². The maximum absolute atomic E-state index is 6.35. The third-order valence-corrected chi connectivity index (χ3v) is 8.01. The van der Waals surface area contributed by atoms with Crippen LogP contribution in [0.3, 0.4) is 0 Å². The summed E-state index contributed by atoms with van der Waals surface area (Å²) in [5, 5.41) is 0.738. The number of hydrogen-bond donors (Lipinski definition) is 0. The Kier molecular flexibility index (Phi) is 6.50. The first-order valence-electron chi connectivity index (χ1n) is 12.8. The Balaban J connectivity index is 1.66. The molecule has 0 amide bonds. The number of benzene rings is 4. The number of ether oxygens (including phenoxy) is 3. The fourth-order valence-corrected chi connectivity index (χ4v) is 6.17. The summed E-state index contributed by atoms with van der Waals surface area (Å²) in [6, 6.07) is 32.0. The Morgan fingerprint density at radius 2 is 1.42 bits per heavy atom. The average molecular weight is 524 g/mol. The van der Waals surface area contributed by atoms with Crippen LogP contribution in [0, 0.1) is 0 Å². The van der Waals surface area contributed by atoms with Crippen LogP contribution in [0.25, 0.3) is 11.3 Å². The minimum absolute atomic E-state index is 0.0945. The minimum Gasteiger partial charge on any atom is -0.497 e. The molecule has 2 atom stereocenters. The van der Waals surface area contributed by atoms with Gasteiger partial charge in [-0.15, -0.1) is 0 Å². The van der Waals surface area contributed by atoms with Crippen molar-refractivity contribution < 1.29 is 14.2 Å². The summed E-state index contributed by atoms with van der Waals surface area (Å²) in [5.74, 6) is 2.43. The van der Waals surface area contributed by atoms with Crippen LogP contribution < -0.4 is 14.2 Å². The molecule has 0 fully saturated rings. The molecule has 2 aliphatic heterocycles. The normalized spacial score (nSPS) is 18.2. The highest BCUT2D eigenvalue weighted by Crippen LogP contribution is 2.58. The smallest absolute Gasteiger partial charge is 0.161 e. The fraction of sp³-hybridized carbons (Fsp3) is 0.212. The predicted octanol–water partition coefficient (Wildman–Crippen LogP) is 7.63. The van der Waals surface area contributed by atoms with Crippen molar-refractivity contribution in [3.05, 3.63) is 124 Å². The summed E-state index contributed by atoms with van der Waals surface area (Å²) < 4.78 is 16.9. The molecule has 0 saturated carbocycles. The molecule has 0 saturated heterocycles. The lowest BCUT2D eigenvalue weighted by molar-refractivity contribution is 0.297. The predicted molar refractivity (Wildman–Crippen MR) is 153 cm³/mol. The molecule has 6 rings (SSSR count). The minimum atomic E-state index is 0.0945. The second-order valence-electron chi connectivity index (χ2n) is 9.68. The molecule has 2 heterocycles. The largest absolute Gasteiger partial charge is 0.497 e. The molecule has 0 unspecified atom stereocenters. The van der Waals surface area contributed by atoms with Gasteiger partial charge in [-0.2, -0.15) is 0 Å². The summed E-state index contributed by atoms with van der Waals surface area (Å²) in [6.45, 7) is 0.904. The lowest BCUT2D eigenvalue weighted by Crippen LogP contribution is -2.31.